The standard InChI is InChI=1S/C21H34N4O2/c1-2-7-21(6-1)8-11-25(18-21)20(22-9-5-19-4-3-15-27-19)23-10-12-24-13-16-26-17-14-24/h3-4,15H,1-2,5-14,16-18H2,(H,22,23). The van der Waals surface area contributed by atoms with Gasteiger partial charge in [0.1, 0.15) is 5.76 Å². The molecule has 1 saturated carbocycles. The smallest absolute Gasteiger partial charge is 0.194 e. The molecule has 1 N–H and O–H groups in total. The van der Waals surface area contributed by atoms with Crippen LogP contribution in [0, 0.1) is 5.41 Å². The van der Waals surface area contributed by atoms with Crippen molar-refractivity contribution in [2.24, 2.45) is 10.4 Å². The highest BCUT2D eigenvalue weighted by Crippen LogP contribution is 2.45. The van der Waals surface area contributed by atoms with Crippen molar-refractivity contribution < 1.29 is 9.15 Å². The molecule has 150 valence electrons. The molecule has 1 aromatic heterocycles. The highest BCUT2D eigenvalue weighted by molar-refractivity contribution is 5.80. The number of aliphatic imine (C=N–C) groups is 1. The zero-order valence-electron chi connectivity index (χ0n) is 16.5. The Morgan fingerprint density at radius 1 is 1.15 bits per heavy atom. The molecular formula is C21H34N4O2. The average Bonchev–Trinajstić information content (AvgIpc) is 3.45. The Labute approximate surface area is 162 Å². The number of likely N-dealkylation sites (tertiary alicyclic amines) is 1. The van der Waals surface area contributed by atoms with Crippen LogP contribution in [0.1, 0.15) is 37.9 Å². The summed E-state index contributed by atoms with van der Waals surface area (Å²) in [4.78, 5) is 9.95. The first-order chi connectivity index (χ1) is 13.3. The van der Waals surface area contributed by atoms with E-state index in [9.17, 15) is 0 Å². The fourth-order valence-electron chi connectivity index (χ4n) is 4.79. The molecule has 0 radical (unpaired) electrons. The van der Waals surface area contributed by atoms with Crippen molar-refractivity contribution in [2.75, 3.05) is 59.0 Å². The van der Waals surface area contributed by atoms with Gasteiger partial charge in [0.05, 0.1) is 26.0 Å². The van der Waals surface area contributed by atoms with E-state index in [4.69, 9.17) is 14.1 Å². The predicted molar refractivity (Wildman–Crippen MR) is 107 cm³/mol. The lowest BCUT2D eigenvalue weighted by Gasteiger charge is -2.27. The lowest BCUT2D eigenvalue weighted by atomic mass is 9.86. The zero-order chi connectivity index (χ0) is 18.4. The number of rotatable bonds is 6. The summed E-state index contributed by atoms with van der Waals surface area (Å²) in [6.07, 6.45) is 9.58. The summed E-state index contributed by atoms with van der Waals surface area (Å²) >= 11 is 0. The molecule has 6 nitrogen and oxygen atoms in total. The number of nitrogens with zero attached hydrogens (tertiary/aromatic N) is 3. The summed E-state index contributed by atoms with van der Waals surface area (Å²) < 4.78 is 10.9. The molecule has 3 fully saturated rings. The molecule has 0 bridgehead atoms. The van der Waals surface area contributed by atoms with Crippen LogP contribution in [-0.2, 0) is 11.2 Å². The number of ether oxygens (including phenoxy) is 1. The lowest BCUT2D eigenvalue weighted by Crippen LogP contribution is -2.43. The van der Waals surface area contributed by atoms with Crippen LogP contribution in [0.3, 0.4) is 0 Å². The second-order valence-electron chi connectivity index (χ2n) is 8.29. The van der Waals surface area contributed by atoms with Gasteiger partial charge in [-0.2, -0.15) is 0 Å². The quantitative estimate of drug-likeness (QED) is 0.612. The number of nitrogens with one attached hydrogen (secondary N) is 1. The Bertz CT molecular complexity index is 589. The molecule has 27 heavy (non-hydrogen) atoms. The SMILES string of the molecule is c1coc(CCNC(=NCCN2CCOCC2)N2CCC3(CCCC3)C2)c1. The van der Waals surface area contributed by atoms with Crippen LogP contribution in [0.4, 0.5) is 0 Å². The van der Waals surface area contributed by atoms with E-state index >= 15 is 0 Å². The van der Waals surface area contributed by atoms with Gasteiger partial charge in [0.15, 0.2) is 5.96 Å². The van der Waals surface area contributed by atoms with Gasteiger partial charge in [-0.25, -0.2) is 0 Å². The first-order valence-corrected chi connectivity index (χ1v) is 10.7. The summed E-state index contributed by atoms with van der Waals surface area (Å²) in [5, 5.41) is 3.62. The number of morpholine rings is 1. The van der Waals surface area contributed by atoms with Crippen LogP contribution in [0.15, 0.2) is 27.8 Å². The van der Waals surface area contributed by atoms with E-state index in [1.807, 2.05) is 12.1 Å². The van der Waals surface area contributed by atoms with Crippen molar-refractivity contribution in [3.63, 3.8) is 0 Å². The maximum absolute atomic E-state index is 5.47. The molecular weight excluding hydrogens is 340 g/mol. The van der Waals surface area contributed by atoms with Gasteiger partial charge in [-0.3, -0.25) is 9.89 Å². The Morgan fingerprint density at radius 3 is 2.78 bits per heavy atom. The maximum atomic E-state index is 5.47. The third kappa shape index (κ3) is 5.05. The summed E-state index contributed by atoms with van der Waals surface area (Å²) in [5.41, 5.74) is 0.563. The molecule has 0 amide bonds. The van der Waals surface area contributed by atoms with Crippen LogP contribution in [-0.4, -0.2) is 74.8 Å². The van der Waals surface area contributed by atoms with Crippen LogP contribution < -0.4 is 5.32 Å². The summed E-state index contributed by atoms with van der Waals surface area (Å²) in [5.74, 6) is 2.13. The van der Waals surface area contributed by atoms with Gasteiger partial charge in [-0.05, 0) is 36.8 Å². The van der Waals surface area contributed by atoms with Crippen molar-refractivity contribution in [3.05, 3.63) is 24.2 Å². The van der Waals surface area contributed by atoms with Gasteiger partial charge in [0, 0.05) is 45.7 Å². The van der Waals surface area contributed by atoms with Crippen molar-refractivity contribution in [2.45, 2.75) is 38.5 Å². The number of guanidine groups is 1. The van der Waals surface area contributed by atoms with Crippen molar-refractivity contribution in [1.82, 2.24) is 15.1 Å². The van der Waals surface area contributed by atoms with Gasteiger partial charge in [0.25, 0.3) is 0 Å². The van der Waals surface area contributed by atoms with Crippen LogP contribution in [0.2, 0.25) is 0 Å². The van der Waals surface area contributed by atoms with Crippen LogP contribution in [0.25, 0.3) is 0 Å². The van der Waals surface area contributed by atoms with E-state index in [1.54, 1.807) is 6.26 Å². The third-order valence-electron chi connectivity index (χ3n) is 6.42. The van der Waals surface area contributed by atoms with Crippen LogP contribution in [0.5, 0.6) is 0 Å². The number of furan rings is 1. The molecule has 0 atom stereocenters. The van der Waals surface area contributed by atoms with Crippen molar-refractivity contribution in [3.8, 4) is 0 Å². The molecule has 2 aliphatic heterocycles. The van der Waals surface area contributed by atoms with E-state index in [-0.39, 0.29) is 0 Å². The Morgan fingerprint density at radius 2 is 2.00 bits per heavy atom. The highest BCUT2D eigenvalue weighted by Gasteiger charge is 2.41. The van der Waals surface area contributed by atoms with E-state index in [1.165, 1.54) is 38.6 Å². The molecule has 3 heterocycles. The average molecular weight is 375 g/mol. The topological polar surface area (TPSA) is 53.2 Å². The Balaban J connectivity index is 1.33. The Kier molecular flexibility index (Phi) is 6.35. The van der Waals surface area contributed by atoms with Gasteiger partial charge >= 0.3 is 0 Å². The first-order valence-electron chi connectivity index (χ1n) is 10.7. The minimum Gasteiger partial charge on any atom is -0.469 e. The number of hydrogen-bond donors (Lipinski definition) is 1. The van der Waals surface area contributed by atoms with Gasteiger partial charge in [-0.1, -0.05) is 12.8 Å². The van der Waals surface area contributed by atoms with Crippen LogP contribution >= 0.6 is 0 Å². The number of hydrogen-bond acceptors (Lipinski definition) is 4. The largest absolute Gasteiger partial charge is 0.469 e. The highest BCUT2D eigenvalue weighted by atomic mass is 16.5. The molecule has 0 aromatic carbocycles. The minimum absolute atomic E-state index is 0.563. The van der Waals surface area contributed by atoms with Crippen molar-refractivity contribution >= 4 is 5.96 Å². The first kappa shape index (κ1) is 18.8. The molecule has 1 spiro atoms. The van der Waals surface area contributed by atoms with E-state index in [2.05, 4.69) is 15.1 Å². The molecule has 1 aliphatic carbocycles. The molecule has 6 heteroatoms. The van der Waals surface area contributed by atoms with Gasteiger partial charge < -0.3 is 19.4 Å². The second kappa shape index (κ2) is 9.11. The molecule has 4 rings (SSSR count). The van der Waals surface area contributed by atoms with Gasteiger partial charge in [-0.15, -0.1) is 0 Å². The fourth-order valence-corrected chi connectivity index (χ4v) is 4.79. The van der Waals surface area contributed by atoms with Gasteiger partial charge in [0.2, 0.25) is 0 Å². The van der Waals surface area contributed by atoms with Crippen molar-refractivity contribution in [1.29, 1.82) is 0 Å². The Hall–Kier alpha value is -1.53. The predicted octanol–water partition coefficient (Wildman–Crippen LogP) is 2.37. The molecule has 3 aliphatic rings. The molecule has 1 aromatic rings. The lowest BCUT2D eigenvalue weighted by molar-refractivity contribution is 0.0394. The second-order valence-corrected chi connectivity index (χ2v) is 8.29. The van der Waals surface area contributed by atoms with E-state index in [0.717, 1.165) is 70.6 Å². The summed E-state index contributed by atoms with van der Waals surface area (Å²) in [7, 11) is 0. The summed E-state index contributed by atoms with van der Waals surface area (Å²) in [6.45, 7) is 8.83. The molecule has 0 unspecified atom stereocenters. The zero-order valence-corrected chi connectivity index (χ0v) is 16.5. The monoisotopic (exact) mass is 374 g/mol. The normalized spacial score (nSPS) is 23.4. The fraction of sp³-hybridized carbons (Fsp3) is 0.762. The minimum atomic E-state index is 0.563. The maximum Gasteiger partial charge on any atom is 0.194 e. The molecule has 2 saturated heterocycles. The van der Waals surface area contributed by atoms with E-state index in [0.29, 0.717) is 5.41 Å². The summed E-state index contributed by atoms with van der Waals surface area (Å²) in [6, 6.07) is 4.00. The van der Waals surface area contributed by atoms with E-state index < -0.39 is 0 Å². The third-order valence-corrected chi connectivity index (χ3v) is 6.42.